The molecule has 1 aromatic rings. The fourth-order valence-electron chi connectivity index (χ4n) is 9.66. The van der Waals surface area contributed by atoms with Gasteiger partial charge in [0.25, 0.3) is 0 Å². The summed E-state index contributed by atoms with van der Waals surface area (Å²) in [6.45, 7) is 21.5. The molecule has 0 heterocycles. The van der Waals surface area contributed by atoms with Gasteiger partial charge >= 0.3 is 0 Å². The van der Waals surface area contributed by atoms with E-state index in [9.17, 15) is 0 Å². The van der Waals surface area contributed by atoms with Crippen LogP contribution >= 0.6 is 0 Å². The Labute approximate surface area is 206 Å². The number of allylic oxidation sites excluding steroid dienone is 1. The van der Waals surface area contributed by atoms with E-state index in [0.717, 1.165) is 53.9 Å². The largest absolute Gasteiger partial charge is 0.150 e. The number of benzene rings is 1. The second kappa shape index (κ2) is 8.14. The third-order valence-corrected chi connectivity index (χ3v) is 15.3. The zero-order chi connectivity index (χ0) is 23.8. The standard InChI is InChI=1S/C31H49BSi/c1-21-26-17-23(30(26,3)4)19-28(21)32(29-20-24-18-27(22(29)2)31(24,5)6)15-12-16-33(7,8)25-13-10-9-11-14-25/h9-14,16,21-24,26-29H,15,17-20H2,1-8H3/b16-12+/t21-,22-,23-,24-,26+,27+,28-,29-/m0/s1. The first-order valence-electron chi connectivity index (χ1n) is 14.2. The van der Waals surface area contributed by atoms with E-state index < -0.39 is 8.07 Å². The van der Waals surface area contributed by atoms with Gasteiger partial charge in [-0.05, 0) is 59.2 Å². The van der Waals surface area contributed by atoms with Crippen molar-refractivity contribution < 1.29 is 0 Å². The number of hydrogen-bond acceptors (Lipinski definition) is 0. The number of rotatable bonds is 6. The van der Waals surface area contributed by atoms with Gasteiger partial charge in [-0.15, -0.1) is 0 Å². The van der Waals surface area contributed by atoms with Gasteiger partial charge in [0.15, 0.2) is 6.71 Å². The Bertz CT molecular complexity index is 841. The molecule has 0 nitrogen and oxygen atoms in total. The molecule has 6 fully saturated rings. The molecule has 180 valence electrons. The Morgan fingerprint density at radius 2 is 1.30 bits per heavy atom. The van der Waals surface area contributed by atoms with Gasteiger partial charge in [-0.1, -0.05) is 133 Å². The summed E-state index contributed by atoms with van der Waals surface area (Å²) in [4.78, 5) is 0. The van der Waals surface area contributed by atoms with Crippen LogP contribution < -0.4 is 5.19 Å². The Kier molecular flexibility index (Phi) is 5.91. The van der Waals surface area contributed by atoms with Crippen molar-refractivity contribution in [2.24, 2.45) is 46.3 Å². The fourth-order valence-corrected chi connectivity index (χ4v) is 11.6. The molecule has 6 saturated carbocycles. The van der Waals surface area contributed by atoms with Crippen LogP contribution in [-0.2, 0) is 0 Å². The third-order valence-electron chi connectivity index (χ3n) is 12.4. The molecule has 6 aliphatic rings. The van der Waals surface area contributed by atoms with Gasteiger partial charge in [-0.3, -0.25) is 0 Å². The minimum Gasteiger partial charge on any atom is -0.0992 e. The third kappa shape index (κ3) is 3.76. The smallest absolute Gasteiger partial charge is 0.0992 e. The van der Waals surface area contributed by atoms with Crippen LogP contribution in [0.5, 0.6) is 0 Å². The van der Waals surface area contributed by atoms with Crippen LogP contribution in [0.15, 0.2) is 42.1 Å². The lowest BCUT2D eigenvalue weighted by molar-refractivity contribution is -0.107. The van der Waals surface area contributed by atoms with E-state index in [4.69, 9.17) is 0 Å². The molecular weight excluding hydrogens is 411 g/mol. The molecule has 8 atom stereocenters. The maximum atomic E-state index is 2.67. The van der Waals surface area contributed by atoms with E-state index in [-0.39, 0.29) is 0 Å². The first kappa shape index (κ1) is 24.0. The molecule has 0 amide bonds. The zero-order valence-corrected chi connectivity index (χ0v) is 23.8. The number of hydrogen-bond donors (Lipinski definition) is 0. The molecule has 0 radical (unpaired) electrons. The van der Waals surface area contributed by atoms with E-state index in [0.29, 0.717) is 10.8 Å². The van der Waals surface area contributed by atoms with Gasteiger partial charge in [0.2, 0.25) is 0 Å². The minimum absolute atomic E-state index is 0.598. The van der Waals surface area contributed by atoms with Gasteiger partial charge in [0, 0.05) is 0 Å². The molecule has 0 aliphatic heterocycles. The van der Waals surface area contributed by atoms with Gasteiger partial charge in [0.05, 0.1) is 0 Å². The monoisotopic (exact) mass is 460 g/mol. The Morgan fingerprint density at radius 1 is 0.818 bits per heavy atom. The van der Waals surface area contributed by atoms with Crippen molar-refractivity contribution in [2.45, 2.75) is 98.3 Å². The predicted octanol–water partition coefficient (Wildman–Crippen LogP) is 8.34. The summed E-state index contributed by atoms with van der Waals surface area (Å²) >= 11 is 0. The topological polar surface area (TPSA) is 0 Å². The lowest BCUT2D eigenvalue weighted by Gasteiger charge is -2.66. The first-order valence-corrected chi connectivity index (χ1v) is 17.3. The molecule has 0 unspecified atom stereocenters. The minimum atomic E-state index is -1.52. The van der Waals surface area contributed by atoms with Crippen LogP contribution in [-0.4, -0.2) is 14.8 Å². The molecule has 33 heavy (non-hydrogen) atoms. The maximum Gasteiger partial charge on any atom is 0.150 e. The van der Waals surface area contributed by atoms with Crippen LogP contribution in [0.4, 0.5) is 0 Å². The van der Waals surface area contributed by atoms with E-state index >= 15 is 0 Å². The average Bonchev–Trinajstić information content (AvgIpc) is 2.77. The van der Waals surface area contributed by atoms with Crippen molar-refractivity contribution in [3.63, 3.8) is 0 Å². The molecule has 0 spiro atoms. The zero-order valence-electron chi connectivity index (χ0n) is 22.8. The summed E-state index contributed by atoms with van der Waals surface area (Å²) in [5.41, 5.74) is 3.87. The highest BCUT2D eigenvalue weighted by atomic mass is 28.3. The predicted molar refractivity (Wildman–Crippen MR) is 149 cm³/mol. The molecule has 0 saturated heterocycles. The summed E-state index contributed by atoms with van der Waals surface area (Å²) in [6, 6.07) is 11.3. The van der Waals surface area contributed by atoms with E-state index in [1.54, 1.807) is 5.19 Å². The van der Waals surface area contributed by atoms with Gasteiger partial charge in [0.1, 0.15) is 8.07 Å². The van der Waals surface area contributed by atoms with Gasteiger partial charge in [-0.25, -0.2) is 0 Å². The summed E-state index contributed by atoms with van der Waals surface area (Å²) < 4.78 is 0. The van der Waals surface area contributed by atoms with Gasteiger partial charge < -0.3 is 0 Å². The second-order valence-corrected chi connectivity index (χ2v) is 19.0. The molecular formula is C31H49BSi. The highest BCUT2D eigenvalue weighted by Gasteiger charge is 2.62. The summed E-state index contributed by atoms with van der Waals surface area (Å²) in [7, 11) is -1.52. The molecule has 7 rings (SSSR count). The quantitative estimate of drug-likeness (QED) is 0.374. The summed E-state index contributed by atoms with van der Waals surface area (Å²) in [6.07, 6.45) is 10.0. The second-order valence-electron chi connectivity index (χ2n) is 14.6. The highest BCUT2D eigenvalue weighted by molar-refractivity contribution is 6.94. The van der Waals surface area contributed by atoms with Gasteiger partial charge in [-0.2, -0.15) is 0 Å². The summed E-state index contributed by atoms with van der Waals surface area (Å²) in [5, 5.41) is 1.57. The molecule has 1 aromatic carbocycles. The normalized spacial score (nSPS) is 40.7. The van der Waals surface area contributed by atoms with Crippen molar-refractivity contribution in [1.82, 2.24) is 0 Å². The van der Waals surface area contributed by atoms with Crippen LogP contribution in [0.1, 0.15) is 67.2 Å². The summed E-state index contributed by atoms with van der Waals surface area (Å²) in [5.74, 6) is 7.59. The Balaban J connectivity index is 1.38. The van der Waals surface area contributed by atoms with E-state index in [2.05, 4.69) is 96.7 Å². The maximum absolute atomic E-state index is 2.67. The van der Waals surface area contributed by atoms with Crippen LogP contribution in [0.2, 0.25) is 31.0 Å². The molecule has 4 bridgehead atoms. The Hall–Kier alpha value is -0.758. The highest BCUT2D eigenvalue weighted by Crippen LogP contribution is 2.69. The van der Waals surface area contributed by atoms with Crippen molar-refractivity contribution in [3.8, 4) is 0 Å². The number of fused-ring (bicyclic) bond motifs is 4. The molecule has 2 heteroatoms. The van der Waals surface area contributed by atoms with Crippen LogP contribution in [0.25, 0.3) is 0 Å². The molecule has 0 N–H and O–H groups in total. The SMILES string of the molecule is C[C@@H]1[C@@H](B(C/C=C/[Si](C)(C)c2ccccc2)[C@H]2C[C@@H]3C[C@H]([C@@H]2C)C3(C)C)C[C@@H]2C[C@H]1C2(C)C. The lowest BCUT2D eigenvalue weighted by atomic mass is 9.20. The van der Waals surface area contributed by atoms with Crippen molar-refractivity contribution in [3.05, 3.63) is 42.1 Å². The Morgan fingerprint density at radius 3 is 1.73 bits per heavy atom. The van der Waals surface area contributed by atoms with Crippen molar-refractivity contribution in [2.75, 3.05) is 0 Å². The molecule has 6 aliphatic carbocycles. The van der Waals surface area contributed by atoms with E-state index in [1.807, 2.05) is 0 Å². The van der Waals surface area contributed by atoms with Crippen LogP contribution in [0, 0.1) is 46.3 Å². The average molecular weight is 461 g/mol. The first-order chi connectivity index (χ1) is 15.4. The lowest BCUT2D eigenvalue weighted by Crippen LogP contribution is -2.59. The fraction of sp³-hybridized carbons (Fsp3) is 0.742. The van der Waals surface area contributed by atoms with Crippen LogP contribution in [0.3, 0.4) is 0 Å². The molecule has 0 aromatic heterocycles. The van der Waals surface area contributed by atoms with Crippen molar-refractivity contribution >= 4 is 20.0 Å². The van der Waals surface area contributed by atoms with E-state index in [1.165, 1.54) is 32.0 Å². The van der Waals surface area contributed by atoms with Crippen molar-refractivity contribution in [1.29, 1.82) is 0 Å².